The monoisotopic (exact) mass is 248 g/mol. The Balaban J connectivity index is 2.87. The molecule has 0 heterocycles. The van der Waals surface area contributed by atoms with E-state index in [2.05, 4.69) is 71.0 Å². The number of nitrogens with zero attached hydrogens (tertiary/aromatic N) is 1. The van der Waals surface area contributed by atoms with Crippen molar-refractivity contribution in [2.45, 2.75) is 45.1 Å². The first-order valence-corrected chi connectivity index (χ1v) is 6.66. The van der Waals surface area contributed by atoms with Gasteiger partial charge in [-0.15, -0.1) is 0 Å². The highest BCUT2D eigenvalue weighted by Gasteiger charge is 2.25. The number of hydrogen-bond acceptors (Lipinski definition) is 2. The molecule has 0 aliphatic rings. The van der Waals surface area contributed by atoms with Crippen molar-refractivity contribution in [2.24, 2.45) is 5.73 Å². The molecule has 18 heavy (non-hydrogen) atoms. The first-order valence-electron chi connectivity index (χ1n) is 6.66. The summed E-state index contributed by atoms with van der Waals surface area (Å²) in [6.45, 7) is 9.61. The van der Waals surface area contributed by atoms with Crippen LogP contribution in [0.1, 0.15) is 38.8 Å². The lowest BCUT2D eigenvalue weighted by Gasteiger charge is -2.35. The van der Waals surface area contributed by atoms with Gasteiger partial charge < -0.3 is 10.6 Å². The van der Waals surface area contributed by atoms with Crippen LogP contribution in [0.15, 0.2) is 24.3 Å². The maximum absolute atomic E-state index is 5.91. The summed E-state index contributed by atoms with van der Waals surface area (Å²) in [5.74, 6) is 0. The number of benzene rings is 1. The van der Waals surface area contributed by atoms with Crippen LogP contribution in [0.3, 0.4) is 0 Å². The Kier molecular flexibility index (Phi) is 4.57. The quantitative estimate of drug-likeness (QED) is 0.888. The van der Waals surface area contributed by atoms with Gasteiger partial charge >= 0.3 is 0 Å². The van der Waals surface area contributed by atoms with Crippen LogP contribution in [0, 0.1) is 0 Å². The topological polar surface area (TPSA) is 29.3 Å². The lowest BCUT2D eigenvalue weighted by Crippen LogP contribution is -2.49. The van der Waals surface area contributed by atoms with Crippen LogP contribution in [-0.2, 0) is 11.8 Å². The smallest absolute Gasteiger partial charge is 0.0337 e. The maximum atomic E-state index is 5.91. The Bertz CT molecular complexity index is 373. The summed E-state index contributed by atoms with van der Waals surface area (Å²) in [5.41, 5.74) is 8.90. The van der Waals surface area contributed by atoms with E-state index in [0.717, 1.165) is 6.42 Å². The van der Waals surface area contributed by atoms with Crippen molar-refractivity contribution in [1.29, 1.82) is 0 Å². The number of hydrogen-bond donors (Lipinski definition) is 1. The second kappa shape index (κ2) is 5.41. The SMILES string of the molecule is CN(C)C(C)(CN)Cc1ccc(C(C)(C)C)cc1. The zero-order valence-electron chi connectivity index (χ0n) is 12.7. The fourth-order valence-electron chi connectivity index (χ4n) is 1.98. The van der Waals surface area contributed by atoms with Gasteiger partial charge in [-0.2, -0.15) is 0 Å². The summed E-state index contributed by atoms with van der Waals surface area (Å²) in [5, 5.41) is 0. The van der Waals surface area contributed by atoms with Crippen molar-refractivity contribution < 1.29 is 0 Å². The highest BCUT2D eigenvalue weighted by atomic mass is 15.1. The molecular formula is C16H28N2. The van der Waals surface area contributed by atoms with E-state index in [4.69, 9.17) is 5.73 Å². The predicted molar refractivity (Wildman–Crippen MR) is 80.0 cm³/mol. The molecule has 102 valence electrons. The first kappa shape index (κ1) is 15.2. The van der Waals surface area contributed by atoms with Crippen molar-refractivity contribution in [3.8, 4) is 0 Å². The minimum atomic E-state index is 0.0310. The molecule has 1 atom stereocenters. The van der Waals surface area contributed by atoms with Crippen molar-refractivity contribution >= 4 is 0 Å². The van der Waals surface area contributed by atoms with Crippen LogP contribution >= 0.6 is 0 Å². The van der Waals surface area contributed by atoms with E-state index in [9.17, 15) is 0 Å². The minimum Gasteiger partial charge on any atom is -0.329 e. The molecule has 0 fully saturated rings. The normalized spacial score (nSPS) is 15.8. The van der Waals surface area contributed by atoms with Gasteiger partial charge in [0.05, 0.1) is 0 Å². The number of nitrogens with two attached hydrogens (primary N) is 1. The van der Waals surface area contributed by atoms with E-state index < -0.39 is 0 Å². The number of likely N-dealkylation sites (N-methyl/N-ethyl adjacent to an activating group) is 1. The van der Waals surface area contributed by atoms with E-state index >= 15 is 0 Å². The van der Waals surface area contributed by atoms with Gasteiger partial charge in [0, 0.05) is 12.1 Å². The molecular weight excluding hydrogens is 220 g/mol. The third-order valence-corrected chi connectivity index (χ3v) is 3.92. The highest BCUT2D eigenvalue weighted by Crippen LogP contribution is 2.24. The van der Waals surface area contributed by atoms with Gasteiger partial charge in [-0.25, -0.2) is 0 Å². The lowest BCUT2D eigenvalue weighted by atomic mass is 9.85. The zero-order chi connectivity index (χ0) is 14.0. The largest absolute Gasteiger partial charge is 0.329 e. The summed E-state index contributed by atoms with van der Waals surface area (Å²) in [6.07, 6.45) is 0.987. The van der Waals surface area contributed by atoms with Crippen molar-refractivity contribution in [2.75, 3.05) is 20.6 Å². The molecule has 0 radical (unpaired) electrons. The fourth-order valence-corrected chi connectivity index (χ4v) is 1.98. The summed E-state index contributed by atoms with van der Waals surface area (Å²) in [4.78, 5) is 2.21. The minimum absolute atomic E-state index is 0.0310. The molecule has 0 bridgehead atoms. The molecule has 0 amide bonds. The van der Waals surface area contributed by atoms with Gasteiger partial charge in [-0.1, -0.05) is 45.0 Å². The van der Waals surface area contributed by atoms with Crippen LogP contribution in [0.2, 0.25) is 0 Å². The van der Waals surface area contributed by atoms with Crippen LogP contribution < -0.4 is 5.73 Å². The average Bonchev–Trinajstić information content (AvgIpc) is 2.28. The van der Waals surface area contributed by atoms with Gasteiger partial charge in [0.2, 0.25) is 0 Å². The molecule has 2 heteroatoms. The highest BCUT2D eigenvalue weighted by molar-refractivity contribution is 5.28. The Morgan fingerprint density at radius 3 is 1.83 bits per heavy atom. The van der Waals surface area contributed by atoms with E-state index in [0.29, 0.717) is 6.54 Å². The molecule has 1 aromatic rings. The molecule has 1 unspecified atom stereocenters. The van der Waals surface area contributed by atoms with E-state index in [1.807, 2.05) is 0 Å². The standard InChI is InChI=1S/C16H28N2/c1-15(2,3)14-9-7-13(8-10-14)11-16(4,12-17)18(5)6/h7-10H,11-12,17H2,1-6H3. The average molecular weight is 248 g/mol. The summed E-state index contributed by atoms with van der Waals surface area (Å²) >= 11 is 0. The van der Waals surface area contributed by atoms with E-state index in [1.54, 1.807) is 0 Å². The van der Waals surface area contributed by atoms with Crippen LogP contribution in [0.5, 0.6) is 0 Å². The van der Waals surface area contributed by atoms with Crippen LogP contribution in [-0.4, -0.2) is 31.1 Å². The molecule has 2 N–H and O–H groups in total. The molecule has 1 aromatic carbocycles. The van der Waals surface area contributed by atoms with Crippen molar-refractivity contribution in [1.82, 2.24) is 4.90 Å². The molecule has 0 aromatic heterocycles. The first-order chi connectivity index (χ1) is 8.19. The van der Waals surface area contributed by atoms with Gasteiger partial charge in [0.25, 0.3) is 0 Å². The van der Waals surface area contributed by atoms with Gasteiger partial charge in [-0.05, 0) is 44.0 Å². The molecule has 1 rings (SSSR count). The Labute approximate surface area is 112 Å². The molecule has 0 aliphatic carbocycles. The van der Waals surface area contributed by atoms with Crippen LogP contribution in [0.25, 0.3) is 0 Å². The third kappa shape index (κ3) is 3.56. The molecule has 0 saturated heterocycles. The fraction of sp³-hybridized carbons (Fsp3) is 0.625. The van der Waals surface area contributed by atoms with Crippen molar-refractivity contribution in [3.63, 3.8) is 0 Å². The second-order valence-corrected chi connectivity index (χ2v) is 6.72. The third-order valence-electron chi connectivity index (χ3n) is 3.92. The Morgan fingerprint density at radius 1 is 1.00 bits per heavy atom. The van der Waals surface area contributed by atoms with E-state index in [-0.39, 0.29) is 11.0 Å². The van der Waals surface area contributed by atoms with E-state index in [1.165, 1.54) is 11.1 Å². The van der Waals surface area contributed by atoms with Crippen molar-refractivity contribution in [3.05, 3.63) is 35.4 Å². The number of rotatable bonds is 4. The van der Waals surface area contributed by atoms with Gasteiger partial charge in [-0.3, -0.25) is 0 Å². The lowest BCUT2D eigenvalue weighted by molar-refractivity contribution is 0.181. The summed E-state index contributed by atoms with van der Waals surface area (Å²) in [7, 11) is 4.19. The second-order valence-electron chi connectivity index (χ2n) is 6.72. The van der Waals surface area contributed by atoms with Gasteiger partial charge in [0.15, 0.2) is 0 Å². The molecule has 0 spiro atoms. The summed E-state index contributed by atoms with van der Waals surface area (Å²) < 4.78 is 0. The summed E-state index contributed by atoms with van der Waals surface area (Å²) in [6, 6.07) is 8.94. The predicted octanol–water partition coefficient (Wildman–Crippen LogP) is 2.81. The maximum Gasteiger partial charge on any atom is 0.0337 e. The zero-order valence-corrected chi connectivity index (χ0v) is 12.7. The van der Waals surface area contributed by atoms with Gasteiger partial charge in [0.1, 0.15) is 0 Å². The van der Waals surface area contributed by atoms with Crippen LogP contribution in [0.4, 0.5) is 0 Å². The Morgan fingerprint density at radius 2 is 1.50 bits per heavy atom. The molecule has 0 saturated carbocycles. The molecule has 0 aliphatic heterocycles. The Hall–Kier alpha value is -0.860. The molecule has 2 nitrogen and oxygen atoms in total.